The van der Waals surface area contributed by atoms with Crippen LogP contribution in [0.25, 0.3) is 0 Å². The fourth-order valence-corrected chi connectivity index (χ4v) is 6.67. The molecule has 2 aromatic carbocycles. The smallest absolute Gasteiger partial charge is 0.305 e. The summed E-state index contributed by atoms with van der Waals surface area (Å²) in [5.41, 5.74) is 1.64. The summed E-state index contributed by atoms with van der Waals surface area (Å²) in [4.78, 5) is 39.8. The number of carbonyl (C=O) groups excluding carboxylic acids is 2. The summed E-state index contributed by atoms with van der Waals surface area (Å²) < 4.78 is 13.7. The summed E-state index contributed by atoms with van der Waals surface area (Å²) in [6.07, 6.45) is 4.34. The minimum atomic E-state index is -0.966. The minimum absolute atomic E-state index is 0.00263. The molecule has 1 saturated heterocycles. The Bertz CT molecular complexity index is 1190. The maximum atomic E-state index is 14.3. The number of halogens is 1. The Morgan fingerprint density at radius 1 is 1.05 bits per heavy atom. The molecule has 40 heavy (non-hydrogen) atoms. The van der Waals surface area contributed by atoms with Crippen molar-refractivity contribution in [3.63, 3.8) is 0 Å². The third-order valence-corrected chi connectivity index (χ3v) is 8.25. The van der Waals surface area contributed by atoms with Crippen LogP contribution in [0.3, 0.4) is 0 Å². The maximum Gasteiger partial charge on any atom is 0.305 e. The second kappa shape index (κ2) is 12.5. The summed E-state index contributed by atoms with van der Waals surface area (Å²) in [5.74, 6) is -0.317. The Morgan fingerprint density at radius 2 is 1.68 bits per heavy atom. The lowest BCUT2D eigenvalue weighted by Crippen LogP contribution is -2.57. The molecule has 1 heterocycles. The van der Waals surface area contributed by atoms with E-state index in [2.05, 4.69) is 43.2 Å². The first-order valence-electron chi connectivity index (χ1n) is 14.5. The summed E-state index contributed by atoms with van der Waals surface area (Å²) in [7, 11) is 0. The standard InChI is InChI=1S/C32H42FN3O4/c1-20(2)5-14-27(23-6-8-25(9-7-23)30(39)34-16-15-28(37)38)36-31(40)29(24-10-12-26(33)13-11-24)35-32(36)18-21(3)17-22(4)19-32/h6-13,20-22,27,29,35H,5,14-19H2,1-4H3,(H,34,39)(H,37,38). The molecule has 4 unspecified atom stereocenters. The van der Waals surface area contributed by atoms with E-state index in [1.807, 2.05) is 12.1 Å². The molecule has 0 aromatic heterocycles. The van der Waals surface area contributed by atoms with Crippen LogP contribution in [0, 0.1) is 23.6 Å². The van der Waals surface area contributed by atoms with Crippen molar-refractivity contribution in [1.82, 2.24) is 15.5 Å². The summed E-state index contributed by atoms with van der Waals surface area (Å²) in [5, 5.41) is 15.2. The molecule has 7 nitrogen and oxygen atoms in total. The number of amides is 2. The van der Waals surface area contributed by atoms with Crippen molar-refractivity contribution in [2.24, 2.45) is 17.8 Å². The van der Waals surface area contributed by atoms with E-state index in [0.29, 0.717) is 23.3 Å². The van der Waals surface area contributed by atoms with Crippen molar-refractivity contribution in [3.05, 3.63) is 71.0 Å². The zero-order valence-corrected chi connectivity index (χ0v) is 24.0. The molecule has 2 amide bonds. The average Bonchev–Trinajstić information content (AvgIpc) is 3.14. The molecule has 1 saturated carbocycles. The summed E-state index contributed by atoms with van der Waals surface area (Å²) in [6.45, 7) is 8.90. The highest BCUT2D eigenvalue weighted by atomic mass is 19.1. The van der Waals surface area contributed by atoms with E-state index >= 15 is 0 Å². The second-order valence-electron chi connectivity index (χ2n) is 12.2. The first-order chi connectivity index (χ1) is 19.0. The Kier molecular flexibility index (Phi) is 9.29. The van der Waals surface area contributed by atoms with Crippen molar-refractivity contribution < 1.29 is 23.9 Å². The lowest BCUT2D eigenvalue weighted by atomic mass is 9.75. The highest BCUT2D eigenvalue weighted by molar-refractivity contribution is 5.94. The molecule has 0 radical (unpaired) electrons. The highest BCUT2D eigenvalue weighted by Crippen LogP contribution is 2.49. The molecule has 8 heteroatoms. The molecule has 3 N–H and O–H groups in total. The van der Waals surface area contributed by atoms with Gasteiger partial charge in [-0.3, -0.25) is 19.7 Å². The van der Waals surface area contributed by atoms with E-state index in [0.717, 1.165) is 43.2 Å². The van der Waals surface area contributed by atoms with E-state index in [4.69, 9.17) is 5.11 Å². The number of carboxylic acid groups (broad SMARTS) is 1. The van der Waals surface area contributed by atoms with Crippen molar-refractivity contribution >= 4 is 17.8 Å². The Labute approximate surface area is 236 Å². The van der Waals surface area contributed by atoms with Gasteiger partial charge < -0.3 is 15.3 Å². The van der Waals surface area contributed by atoms with Gasteiger partial charge in [0.05, 0.1) is 18.1 Å². The fourth-order valence-electron chi connectivity index (χ4n) is 6.67. The number of aliphatic carboxylic acids is 1. The third-order valence-electron chi connectivity index (χ3n) is 8.25. The summed E-state index contributed by atoms with van der Waals surface area (Å²) in [6, 6.07) is 12.8. The Balaban J connectivity index is 1.70. The highest BCUT2D eigenvalue weighted by Gasteiger charge is 2.55. The van der Waals surface area contributed by atoms with Crippen LogP contribution in [-0.4, -0.2) is 40.0 Å². The van der Waals surface area contributed by atoms with Crippen LogP contribution < -0.4 is 10.6 Å². The predicted octanol–water partition coefficient (Wildman–Crippen LogP) is 5.83. The van der Waals surface area contributed by atoms with Gasteiger partial charge in [-0.25, -0.2) is 4.39 Å². The molecule has 1 aliphatic heterocycles. The van der Waals surface area contributed by atoms with E-state index in [1.54, 1.807) is 24.3 Å². The van der Waals surface area contributed by atoms with Crippen LogP contribution in [0.5, 0.6) is 0 Å². The van der Waals surface area contributed by atoms with Gasteiger partial charge in [0.15, 0.2) is 0 Å². The normalized spacial score (nSPS) is 25.4. The minimum Gasteiger partial charge on any atom is -0.481 e. The van der Waals surface area contributed by atoms with Gasteiger partial charge in [-0.2, -0.15) is 0 Å². The van der Waals surface area contributed by atoms with E-state index in [-0.39, 0.29) is 36.6 Å². The third kappa shape index (κ3) is 6.72. The number of carbonyl (C=O) groups is 3. The van der Waals surface area contributed by atoms with Crippen LogP contribution >= 0.6 is 0 Å². The number of hydrogen-bond donors (Lipinski definition) is 3. The zero-order chi connectivity index (χ0) is 29.0. The molecule has 1 spiro atoms. The van der Waals surface area contributed by atoms with E-state index in [9.17, 15) is 18.8 Å². The second-order valence-corrected chi connectivity index (χ2v) is 12.2. The van der Waals surface area contributed by atoms with Gasteiger partial charge >= 0.3 is 5.97 Å². The number of rotatable bonds is 10. The molecule has 1 aliphatic carbocycles. The topological polar surface area (TPSA) is 98.7 Å². The molecule has 4 atom stereocenters. The lowest BCUT2D eigenvalue weighted by molar-refractivity contribution is -0.138. The van der Waals surface area contributed by atoms with Crippen LogP contribution in [0.1, 0.15) is 99.8 Å². The van der Waals surface area contributed by atoms with Crippen LogP contribution in [0.15, 0.2) is 48.5 Å². The van der Waals surface area contributed by atoms with Gasteiger partial charge in [0.1, 0.15) is 11.9 Å². The molecule has 2 aromatic rings. The lowest BCUT2D eigenvalue weighted by Gasteiger charge is -2.49. The quantitative estimate of drug-likeness (QED) is 0.345. The largest absolute Gasteiger partial charge is 0.481 e. The Morgan fingerprint density at radius 3 is 2.25 bits per heavy atom. The van der Waals surface area contributed by atoms with Crippen LogP contribution in [0.2, 0.25) is 0 Å². The number of hydrogen-bond acceptors (Lipinski definition) is 4. The summed E-state index contributed by atoms with van der Waals surface area (Å²) >= 11 is 0. The predicted molar refractivity (Wildman–Crippen MR) is 152 cm³/mol. The van der Waals surface area contributed by atoms with E-state index < -0.39 is 17.7 Å². The van der Waals surface area contributed by atoms with Crippen LogP contribution in [-0.2, 0) is 9.59 Å². The van der Waals surface area contributed by atoms with Gasteiger partial charge in [-0.1, -0.05) is 52.0 Å². The molecule has 2 aliphatic rings. The van der Waals surface area contributed by atoms with Gasteiger partial charge in [0.2, 0.25) is 5.91 Å². The number of carboxylic acids is 1. The van der Waals surface area contributed by atoms with Crippen molar-refractivity contribution in [3.8, 4) is 0 Å². The number of nitrogens with zero attached hydrogens (tertiary/aromatic N) is 1. The van der Waals surface area contributed by atoms with E-state index in [1.165, 1.54) is 12.1 Å². The number of nitrogens with one attached hydrogen (secondary N) is 2. The zero-order valence-electron chi connectivity index (χ0n) is 24.0. The number of benzene rings is 2. The SMILES string of the molecule is CC(C)CCC(c1ccc(C(=O)NCCC(=O)O)cc1)N1C(=O)C(c2ccc(F)cc2)NC12CC(C)CC(C)C2. The fraction of sp³-hybridized carbons (Fsp3) is 0.531. The van der Waals surface area contributed by atoms with Gasteiger partial charge in [-0.05, 0) is 85.3 Å². The van der Waals surface area contributed by atoms with Gasteiger partial charge in [-0.15, -0.1) is 0 Å². The monoisotopic (exact) mass is 551 g/mol. The van der Waals surface area contributed by atoms with Crippen molar-refractivity contribution in [1.29, 1.82) is 0 Å². The maximum absolute atomic E-state index is 14.3. The Hall–Kier alpha value is -3.26. The first-order valence-corrected chi connectivity index (χ1v) is 14.5. The molecular formula is C32H42FN3O4. The van der Waals surface area contributed by atoms with Gasteiger partial charge in [0.25, 0.3) is 5.91 Å². The van der Waals surface area contributed by atoms with Gasteiger partial charge in [0, 0.05) is 12.1 Å². The molecule has 0 bridgehead atoms. The van der Waals surface area contributed by atoms with Crippen molar-refractivity contribution in [2.45, 2.75) is 84.0 Å². The molecule has 2 fully saturated rings. The molecular weight excluding hydrogens is 509 g/mol. The van der Waals surface area contributed by atoms with Crippen LogP contribution in [0.4, 0.5) is 4.39 Å². The first kappa shape index (κ1) is 29.7. The average molecular weight is 552 g/mol. The van der Waals surface area contributed by atoms with Crippen molar-refractivity contribution in [2.75, 3.05) is 6.54 Å². The molecule has 4 rings (SSSR count). The molecule has 216 valence electrons.